The Labute approximate surface area is 153 Å². The van der Waals surface area contributed by atoms with Crippen molar-refractivity contribution in [2.45, 2.75) is 18.7 Å². The number of anilines is 2. The van der Waals surface area contributed by atoms with Gasteiger partial charge in [-0.25, -0.2) is 13.6 Å². The number of hydrogen-bond acceptors (Lipinski definition) is 4. The van der Waals surface area contributed by atoms with Crippen LogP contribution < -0.4 is 15.4 Å². The molecular formula is C19H21N3O3S. The SMILES string of the molecule is CCN(CC)c1ccc(C=C2C(=O)Nc3ccc(S(N)(=O)=O)cc32)cc1. The molecule has 0 atom stereocenters. The van der Waals surface area contributed by atoms with Gasteiger partial charge in [0.2, 0.25) is 10.0 Å². The van der Waals surface area contributed by atoms with Crippen LogP contribution in [0.3, 0.4) is 0 Å². The molecule has 7 heteroatoms. The van der Waals surface area contributed by atoms with Crippen LogP contribution in [0, 0.1) is 0 Å². The molecule has 0 aliphatic carbocycles. The van der Waals surface area contributed by atoms with Gasteiger partial charge < -0.3 is 10.2 Å². The van der Waals surface area contributed by atoms with Gasteiger partial charge in [0.1, 0.15) is 0 Å². The first-order chi connectivity index (χ1) is 12.3. The molecule has 0 unspecified atom stereocenters. The van der Waals surface area contributed by atoms with Crippen LogP contribution in [0.2, 0.25) is 0 Å². The summed E-state index contributed by atoms with van der Waals surface area (Å²) in [4.78, 5) is 14.5. The van der Waals surface area contributed by atoms with E-state index in [2.05, 4.69) is 24.1 Å². The van der Waals surface area contributed by atoms with E-state index in [-0.39, 0.29) is 10.8 Å². The number of nitrogens with one attached hydrogen (secondary N) is 1. The van der Waals surface area contributed by atoms with Gasteiger partial charge in [0, 0.05) is 35.6 Å². The number of nitrogens with zero attached hydrogens (tertiary/aromatic N) is 1. The first-order valence-corrected chi connectivity index (χ1v) is 9.93. The molecule has 2 aromatic rings. The van der Waals surface area contributed by atoms with Gasteiger partial charge in [-0.3, -0.25) is 4.79 Å². The maximum Gasteiger partial charge on any atom is 0.256 e. The summed E-state index contributed by atoms with van der Waals surface area (Å²) in [5.41, 5.74) is 3.51. The van der Waals surface area contributed by atoms with Crippen LogP contribution >= 0.6 is 0 Å². The highest BCUT2D eigenvalue weighted by Crippen LogP contribution is 2.34. The zero-order chi connectivity index (χ0) is 18.9. The van der Waals surface area contributed by atoms with E-state index in [0.717, 1.165) is 24.3 Å². The van der Waals surface area contributed by atoms with Crippen LogP contribution in [0.25, 0.3) is 11.6 Å². The summed E-state index contributed by atoms with van der Waals surface area (Å²) in [6.45, 7) is 6.04. The molecule has 3 rings (SSSR count). The molecule has 2 aromatic carbocycles. The third-order valence-corrected chi connectivity index (χ3v) is 5.35. The zero-order valence-corrected chi connectivity index (χ0v) is 15.5. The number of benzene rings is 2. The molecule has 26 heavy (non-hydrogen) atoms. The van der Waals surface area contributed by atoms with E-state index in [0.29, 0.717) is 16.8 Å². The molecule has 0 saturated heterocycles. The summed E-state index contributed by atoms with van der Waals surface area (Å²) in [6, 6.07) is 12.3. The van der Waals surface area contributed by atoms with E-state index in [1.54, 1.807) is 12.1 Å². The first kappa shape index (κ1) is 18.2. The van der Waals surface area contributed by atoms with Gasteiger partial charge in [-0.05, 0) is 55.8 Å². The Balaban J connectivity index is 1.99. The van der Waals surface area contributed by atoms with Gasteiger partial charge in [-0.1, -0.05) is 12.1 Å². The lowest BCUT2D eigenvalue weighted by Gasteiger charge is -2.20. The van der Waals surface area contributed by atoms with Crippen LogP contribution in [-0.2, 0) is 14.8 Å². The van der Waals surface area contributed by atoms with Crippen molar-refractivity contribution in [3.63, 3.8) is 0 Å². The fourth-order valence-corrected chi connectivity index (χ4v) is 3.56. The van der Waals surface area contributed by atoms with Crippen LogP contribution in [0.15, 0.2) is 47.4 Å². The van der Waals surface area contributed by atoms with Gasteiger partial charge in [0.25, 0.3) is 5.91 Å². The lowest BCUT2D eigenvalue weighted by atomic mass is 10.0. The van der Waals surface area contributed by atoms with Crippen molar-refractivity contribution in [2.75, 3.05) is 23.3 Å². The average molecular weight is 371 g/mol. The summed E-state index contributed by atoms with van der Waals surface area (Å²) < 4.78 is 23.2. The highest BCUT2D eigenvalue weighted by atomic mass is 32.2. The van der Waals surface area contributed by atoms with E-state index in [9.17, 15) is 13.2 Å². The molecule has 1 aliphatic heterocycles. The predicted octanol–water partition coefficient (Wildman–Crippen LogP) is 2.67. The maximum atomic E-state index is 12.3. The molecule has 0 fully saturated rings. The van der Waals surface area contributed by atoms with Crippen LogP contribution in [0.4, 0.5) is 11.4 Å². The molecule has 0 aromatic heterocycles. The number of primary sulfonamides is 1. The maximum absolute atomic E-state index is 12.3. The Morgan fingerprint density at radius 1 is 1.08 bits per heavy atom. The normalized spacial score (nSPS) is 15.0. The van der Waals surface area contributed by atoms with Gasteiger partial charge in [0.15, 0.2) is 0 Å². The molecular weight excluding hydrogens is 350 g/mol. The number of rotatable bonds is 5. The monoisotopic (exact) mass is 371 g/mol. The number of sulfonamides is 1. The summed E-state index contributed by atoms with van der Waals surface area (Å²) in [6.07, 6.45) is 1.75. The van der Waals surface area contributed by atoms with E-state index >= 15 is 0 Å². The second kappa shape index (κ2) is 6.93. The number of fused-ring (bicyclic) bond motifs is 1. The lowest BCUT2D eigenvalue weighted by molar-refractivity contribution is -0.110. The van der Waals surface area contributed by atoms with Crippen LogP contribution in [-0.4, -0.2) is 27.4 Å². The van der Waals surface area contributed by atoms with Crippen molar-refractivity contribution in [1.29, 1.82) is 0 Å². The van der Waals surface area contributed by atoms with Crippen molar-refractivity contribution < 1.29 is 13.2 Å². The Kier molecular flexibility index (Phi) is 4.84. The minimum absolute atomic E-state index is 0.0180. The summed E-state index contributed by atoms with van der Waals surface area (Å²) >= 11 is 0. The number of amides is 1. The highest BCUT2D eigenvalue weighted by Gasteiger charge is 2.25. The number of hydrogen-bond donors (Lipinski definition) is 2. The molecule has 136 valence electrons. The standard InChI is InChI=1S/C19H21N3O3S/c1-3-22(4-2)14-7-5-13(6-8-14)11-17-16-12-15(26(20,24)25)9-10-18(16)21-19(17)23/h5-12H,3-4H2,1-2H3,(H,21,23)(H2,20,24,25). The largest absolute Gasteiger partial charge is 0.372 e. The minimum atomic E-state index is -3.83. The summed E-state index contributed by atoms with van der Waals surface area (Å²) in [5, 5.41) is 7.94. The summed E-state index contributed by atoms with van der Waals surface area (Å²) in [7, 11) is -3.83. The average Bonchev–Trinajstić information content (AvgIpc) is 2.91. The highest BCUT2D eigenvalue weighted by molar-refractivity contribution is 7.89. The van der Waals surface area contributed by atoms with Crippen molar-refractivity contribution in [3.8, 4) is 0 Å². The van der Waals surface area contributed by atoms with Crippen molar-refractivity contribution in [1.82, 2.24) is 0 Å². The molecule has 1 amide bonds. The number of nitrogens with two attached hydrogens (primary N) is 1. The van der Waals surface area contributed by atoms with Crippen molar-refractivity contribution in [2.24, 2.45) is 5.14 Å². The third kappa shape index (κ3) is 3.49. The quantitative estimate of drug-likeness (QED) is 0.791. The van der Waals surface area contributed by atoms with Crippen LogP contribution in [0.5, 0.6) is 0 Å². The first-order valence-electron chi connectivity index (χ1n) is 8.38. The van der Waals surface area contributed by atoms with Crippen molar-refractivity contribution in [3.05, 3.63) is 53.6 Å². The van der Waals surface area contributed by atoms with Gasteiger partial charge >= 0.3 is 0 Å². The molecule has 1 heterocycles. The molecule has 0 spiro atoms. The second-order valence-electron chi connectivity index (χ2n) is 6.03. The van der Waals surface area contributed by atoms with Gasteiger partial charge in [-0.2, -0.15) is 0 Å². The van der Waals surface area contributed by atoms with E-state index in [1.165, 1.54) is 12.1 Å². The topological polar surface area (TPSA) is 92.5 Å². The molecule has 0 radical (unpaired) electrons. The Morgan fingerprint density at radius 2 is 1.73 bits per heavy atom. The number of carbonyl (C=O) groups is 1. The zero-order valence-electron chi connectivity index (χ0n) is 14.7. The fraction of sp³-hybridized carbons (Fsp3) is 0.211. The van der Waals surface area contributed by atoms with E-state index in [1.807, 2.05) is 24.3 Å². The lowest BCUT2D eigenvalue weighted by Crippen LogP contribution is -2.21. The van der Waals surface area contributed by atoms with Gasteiger partial charge in [0.05, 0.1) is 4.90 Å². The smallest absolute Gasteiger partial charge is 0.256 e. The molecule has 1 aliphatic rings. The Morgan fingerprint density at radius 3 is 2.31 bits per heavy atom. The van der Waals surface area contributed by atoms with E-state index < -0.39 is 10.0 Å². The predicted molar refractivity (Wildman–Crippen MR) is 104 cm³/mol. The minimum Gasteiger partial charge on any atom is -0.372 e. The Hall–Kier alpha value is -2.64. The molecule has 0 bridgehead atoms. The van der Waals surface area contributed by atoms with Crippen LogP contribution in [0.1, 0.15) is 25.0 Å². The summed E-state index contributed by atoms with van der Waals surface area (Å²) in [5.74, 6) is -0.264. The molecule has 3 N–H and O–H groups in total. The third-order valence-electron chi connectivity index (χ3n) is 4.44. The second-order valence-corrected chi connectivity index (χ2v) is 7.59. The molecule has 0 saturated carbocycles. The van der Waals surface area contributed by atoms with Crippen molar-refractivity contribution >= 4 is 39.0 Å². The Bertz CT molecular complexity index is 976. The van der Waals surface area contributed by atoms with Gasteiger partial charge in [-0.15, -0.1) is 0 Å². The molecule has 6 nitrogen and oxygen atoms in total. The fourth-order valence-electron chi connectivity index (χ4n) is 3.02. The number of carbonyl (C=O) groups excluding carboxylic acids is 1. The van der Waals surface area contributed by atoms with E-state index in [4.69, 9.17) is 5.14 Å².